The lowest BCUT2D eigenvalue weighted by Gasteiger charge is -2.07. The van der Waals surface area contributed by atoms with Gasteiger partial charge < -0.3 is 9.84 Å². The average molecular weight is 240 g/mol. The number of aliphatic hydroxyl groups is 1. The average Bonchev–Trinajstić information content (AvgIpc) is 2.35. The molecule has 16 heavy (non-hydrogen) atoms. The van der Waals surface area contributed by atoms with Crippen LogP contribution in [0.25, 0.3) is 0 Å². The predicted molar refractivity (Wildman–Crippen MR) is 66.3 cm³/mol. The molecule has 0 aromatic heterocycles. The number of aliphatic hydroxyl groups excluding tert-OH is 1. The largest absolute Gasteiger partial charge is 0.497 e. The second kappa shape index (κ2) is 6.55. The molecule has 1 N–H and O–H groups in total. The highest BCUT2D eigenvalue weighted by atomic mass is 32.2. The van der Waals surface area contributed by atoms with Gasteiger partial charge in [0, 0.05) is 10.8 Å². The summed E-state index contributed by atoms with van der Waals surface area (Å²) in [5.41, 5.74) is 0.650. The standard InChI is InChI=1S/C12H16O3S/c1-9(7-13)16-8-12(14)10-4-3-5-11(6-10)15-2/h3-6,9,13H,7-8H2,1-2H3. The summed E-state index contributed by atoms with van der Waals surface area (Å²) < 4.78 is 5.05. The Hall–Kier alpha value is -1.00. The van der Waals surface area contributed by atoms with Crippen LogP contribution in [0.1, 0.15) is 17.3 Å². The molecule has 0 aliphatic rings. The minimum atomic E-state index is 0.0594. The van der Waals surface area contributed by atoms with Crippen LogP contribution in [0.5, 0.6) is 5.75 Å². The number of rotatable bonds is 6. The van der Waals surface area contributed by atoms with Gasteiger partial charge in [-0.25, -0.2) is 0 Å². The topological polar surface area (TPSA) is 46.5 Å². The summed E-state index contributed by atoms with van der Waals surface area (Å²) in [5.74, 6) is 1.13. The summed E-state index contributed by atoms with van der Waals surface area (Å²) >= 11 is 1.45. The minimum Gasteiger partial charge on any atom is -0.497 e. The van der Waals surface area contributed by atoms with E-state index in [0.717, 1.165) is 0 Å². The second-order valence-corrected chi connectivity index (χ2v) is 4.89. The first-order valence-corrected chi connectivity index (χ1v) is 6.12. The van der Waals surface area contributed by atoms with Crippen molar-refractivity contribution < 1.29 is 14.6 Å². The van der Waals surface area contributed by atoms with Gasteiger partial charge in [0.2, 0.25) is 0 Å². The van der Waals surface area contributed by atoms with Crippen LogP contribution < -0.4 is 4.74 Å². The van der Waals surface area contributed by atoms with Crippen molar-refractivity contribution in [2.75, 3.05) is 19.5 Å². The van der Waals surface area contributed by atoms with Gasteiger partial charge in [-0.1, -0.05) is 19.1 Å². The Morgan fingerprint density at radius 2 is 2.31 bits per heavy atom. The number of Topliss-reactive ketones (excluding diaryl/α,β-unsaturated/α-hetero) is 1. The Morgan fingerprint density at radius 1 is 1.56 bits per heavy atom. The van der Waals surface area contributed by atoms with E-state index in [1.54, 1.807) is 31.4 Å². The first kappa shape index (κ1) is 13.1. The lowest BCUT2D eigenvalue weighted by atomic mass is 10.1. The summed E-state index contributed by atoms with van der Waals surface area (Å²) in [5, 5.41) is 8.94. The maximum absolute atomic E-state index is 11.8. The van der Waals surface area contributed by atoms with Gasteiger partial charge in [-0.05, 0) is 12.1 Å². The zero-order valence-electron chi connectivity index (χ0n) is 9.47. The van der Waals surface area contributed by atoms with E-state index in [1.807, 2.05) is 6.92 Å². The second-order valence-electron chi connectivity index (χ2n) is 3.46. The fourth-order valence-electron chi connectivity index (χ4n) is 1.15. The van der Waals surface area contributed by atoms with Gasteiger partial charge in [-0.3, -0.25) is 4.79 Å². The van der Waals surface area contributed by atoms with Gasteiger partial charge in [0.25, 0.3) is 0 Å². The smallest absolute Gasteiger partial charge is 0.172 e. The van der Waals surface area contributed by atoms with Crippen molar-refractivity contribution in [3.05, 3.63) is 29.8 Å². The predicted octanol–water partition coefficient (Wildman–Crippen LogP) is 1.99. The quantitative estimate of drug-likeness (QED) is 0.772. The number of ether oxygens (including phenoxy) is 1. The summed E-state index contributed by atoms with van der Waals surface area (Å²) in [6, 6.07) is 7.11. The molecular weight excluding hydrogens is 224 g/mol. The number of carbonyl (C=O) groups is 1. The molecule has 0 amide bonds. The molecule has 3 nitrogen and oxygen atoms in total. The van der Waals surface area contributed by atoms with Gasteiger partial charge in [-0.15, -0.1) is 11.8 Å². The fraction of sp³-hybridized carbons (Fsp3) is 0.417. The summed E-state index contributed by atoms with van der Waals surface area (Å²) in [7, 11) is 1.58. The first-order valence-electron chi connectivity index (χ1n) is 5.07. The molecule has 0 fully saturated rings. The van der Waals surface area contributed by atoms with E-state index in [-0.39, 0.29) is 17.6 Å². The maximum atomic E-state index is 11.8. The van der Waals surface area contributed by atoms with Gasteiger partial charge >= 0.3 is 0 Å². The number of hydrogen-bond acceptors (Lipinski definition) is 4. The van der Waals surface area contributed by atoms with Crippen molar-refractivity contribution in [2.45, 2.75) is 12.2 Å². The van der Waals surface area contributed by atoms with Crippen LogP contribution in [-0.2, 0) is 0 Å². The van der Waals surface area contributed by atoms with Gasteiger partial charge in [0.1, 0.15) is 5.75 Å². The van der Waals surface area contributed by atoms with E-state index in [1.165, 1.54) is 11.8 Å². The fourth-order valence-corrected chi connectivity index (χ4v) is 1.86. The highest BCUT2D eigenvalue weighted by molar-refractivity contribution is 8.00. The Labute approximate surface area is 99.8 Å². The van der Waals surface area contributed by atoms with Crippen LogP contribution in [0, 0.1) is 0 Å². The van der Waals surface area contributed by atoms with Crippen LogP contribution in [0.4, 0.5) is 0 Å². The van der Waals surface area contributed by atoms with Crippen LogP contribution in [0.2, 0.25) is 0 Å². The Morgan fingerprint density at radius 3 is 2.94 bits per heavy atom. The van der Waals surface area contributed by atoms with E-state index in [4.69, 9.17) is 9.84 Å². The van der Waals surface area contributed by atoms with Crippen molar-refractivity contribution in [1.29, 1.82) is 0 Å². The van der Waals surface area contributed by atoms with Gasteiger partial charge in [0.15, 0.2) is 5.78 Å². The van der Waals surface area contributed by atoms with Crippen LogP contribution in [0.3, 0.4) is 0 Å². The number of thioether (sulfide) groups is 1. The number of hydrogen-bond donors (Lipinski definition) is 1. The van der Waals surface area contributed by atoms with Gasteiger partial charge in [-0.2, -0.15) is 0 Å². The Bertz CT molecular complexity index is 352. The molecule has 0 saturated carbocycles. The molecule has 0 spiro atoms. The van der Waals surface area contributed by atoms with Crippen molar-refractivity contribution in [1.82, 2.24) is 0 Å². The van der Waals surface area contributed by atoms with E-state index >= 15 is 0 Å². The Kier molecular flexibility index (Phi) is 5.35. The Balaban J connectivity index is 2.58. The molecular formula is C12H16O3S. The van der Waals surface area contributed by atoms with E-state index < -0.39 is 0 Å². The van der Waals surface area contributed by atoms with Crippen molar-refractivity contribution >= 4 is 17.5 Å². The molecule has 1 unspecified atom stereocenters. The SMILES string of the molecule is COc1cccc(C(=O)CSC(C)CO)c1. The zero-order chi connectivity index (χ0) is 12.0. The lowest BCUT2D eigenvalue weighted by molar-refractivity contribution is 0.102. The molecule has 0 saturated heterocycles. The summed E-state index contributed by atoms with van der Waals surface area (Å²) in [6.07, 6.45) is 0. The number of carbonyl (C=O) groups excluding carboxylic acids is 1. The van der Waals surface area contributed by atoms with E-state index in [0.29, 0.717) is 17.1 Å². The zero-order valence-corrected chi connectivity index (χ0v) is 10.3. The van der Waals surface area contributed by atoms with Crippen molar-refractivity contribution in [3.8, 4) is 5.75 Å². The molecule has 1 aromatic rings. The minimum absolute atomic E-state index is 0.0594. The third-order valence-corrected chi connectivity index (χ3v) is 3.29. The molecule has 4 heteroatoms. The maximum Gasteiger partial charge on any atom is 0.172 e. The highest BCUT2D eigenvalue weighted by Gasteiger charge is 2.09. The summed E-state index contributed by atoms with van der Waals surface area (Å²) in [4.78, 5) is 11.8. The number of methoxy groups -OCH3 is 1. The molecule has 0 bridgehead atoms. The number of ketones is 1. The van der Waals surface area contributed by atoms with Crippen LogP contribution in [-0.4, -0.2) is 35.6 Å². The molecule has 1 aromatic carbocycles. The van der Waals surface area contributed by atoms with Crippen LogP contribution >= 0.6 is 11.8 Å². The summed E-state index contributed by atoms with van der Waals surface area (Å²) in [6.45, 7) is 1.99. The molecule has 1 atom stereocenters. The van der Waals surface area contributed by atoms with Crippen LogP contribution in [0.15, 0.2) is 24.3 Å². The third-order valence-electron chi connectivity index (χ3n) is 2.15. The monoisotopic (exact) mass is 240 g/mol. The van der Waals surface area contributed by atoms with Crippen molar-refractivity contribution in [2.24, 2.45) is 0 Å². The highest BCUT2D eigenvalue weighted by Crippen LogP contribution is 2.16. The number of benzene rings is 1. The van der Waals surface area contributed by atoms with E-state index in [9.17, 15) is 4.79 Å². The molecule has 88 valence electrons. The molecule has 1 rings (SSSR count). The third kappa shape index (κ3) is 3.87. The van der Waals surface area contributed by atoms with Gasteiger partial charge in [0.05, 0.1) is 19.5 Å². The normalized spacial score (nSPS) is 12.2. The first-order chi connectivity index (χ1) is 7.67. The molecule has 0 radical (unpaired) electrons. The van der Waals surface area contributed by atoms with E-state index in [2.05, 4.69) is 0 Å². The van der Waals surface area contributed by atoms with Crippen molar-refractivity contribution in [3.63, 3.8) is 0 Å². The molecule has 0 aliphatic heterocycles. The molecule has 0 aliphatic carbocycles. The lowest BCUT2D eigenvalue weighted by Crippen LogP contribution is -2.09. The molecule has 0 heterocycles.